The van der Waals surface area contributed by atoms with E-state index >= 15 is 0 Å². The molecule has 0 saturated carbocycles. The molecule has 0 aliphatic carbocycles. The van der Waals surface area contributed by atoms with Crippen LogP contribution in [0.15, 0.2) is 28.7 Å². The summed E-state index contributed by atoms with van der Waals surface area (Å²) in [6, 6.07) is 7.84. The Balaban J connectivity index is 2.88. The van der Waals surface area contributed by atoms with E-state index < -0.39 is 0 Å². The highest BCUT2D eigenvalue weighted by Crippen LogP contribution is 2.21. The predicted molar refractivity (Wildman–Crippen MR) is 65.4 cm³/mol. The van der Waals surface area contributed by atoms with Crippen molar-refractivity contribution >= 4 is 15.9 Å². The molecule has 0 aliphatic rings. The lowest BCUT2D eigenvalue weighted by molar-refractivity contribution is 0.160. The first-order valence-electron chi connectivity index (χ1n) is 4.69. The van der Waals surface area contributed by atoms with Crippen LogP contribution in [0.2, 0.25) is 0 Å². The number of aliphatic hydroxyl groups is 1. The topological polar surface area (TPSA) is 23.5 Å². The van der Waals surface area contributed by atoms with Gasteiger partial charge in [0.1, 0.15) is 0 Å². The van der Waals surface area contributed by atoms with Crippen molar-refractivity contribution in [2.75, 3.05) is 20.2 Å². The third kappa shape index (κ3) is 3.35. The molecule has 0 fully saturated rings. The first-order valence-corrected chi connectivity index (χ1v) is 5.48. The maximum atomic E-state index is 9.34. The molecule has 0 aliphatic heterocycles. The first-order chi connectivity index (χ1) is 7.19. The summed E-state index contributed by atoms with van der Waals surface area (Å²) >= 11 is 3.41. The van der Waals surface area contributed by atoms with Crippen LogP contribution in [0.1, 0.15) is 11.6 Å². The van der Waals surface area contributed by atoms with Gasteiger partial charge in [0.15, 0.2) is 0 Å². The summed E-state index contributed by atoms with van der Waals surface area (Å²) in [5.41, 5.74) is 1.06. The number of terminal acetylenes is 1. The number of likely N-dealkylation sites (N-methyl/N-ethyl adjacent to an activating group) is 1. The first kappa shape index (κ1) is 12.3. The van der Waals surface area contributed by atoms with Crippen molar-refractivity contribution in [2.45, 2.75) is 6.04 Å². The molecule has 0 amide bonds. The Morgan fingerprint density at radius 3 is 2.87 bits per heavy atom. The lowest BCUT2D eigenvalue weighted by Crippen LogP contribution is -2.27. The zero-order valence-electron chi connectivity index (χ0n) is 8.65. The lowest BCUT2D eigenvalue weighted by Gasteiger charge is -2.24. The third-order valence-corrected chi connectivity index (χ3v) is 2.77. The van der Waals surface area contributed by atoms with Crippen LogP contribution in [-0.2, 0) is 0 Å². The molecule has 1 rings (SSSR count). The summed E-state index contributed by atoms with van der Waals surface area (Å²) in [6.07, 6.45) is 5.25. The van der Waals surface area contributed by atoms with Gasteiger partial charge in [-0.25, -0.2) is 0 Å². The van der Waals surface area contributed by atoms with Gasteiger partial charge < -0.3 is 5.11 Å². The Morgan fingerprint density at radius 2 is 2.33 bits per heavy atom. The fourth-order valence-corrected chi connectivity index (χ4v) is 1.88. The quantitative estimate of drug-likeness (QED) is 0.845. The van der Waals surface area contributed by atoms with Crippen LogP contribution in [0.4, 0.5) is 0 Å². The van der Waals surface area contributed by atoms with Gasteiger partial charge in [0.25, 0.3) is 0 Å². The molecular weight excluding hydrogens is 254 g/mol. The van der Waals surface area contributed by atoms with Crippen molar-refractivity contribution in [3.8, 4) is 12.3 Å². The zero-order chi connectivity index (χ0) is 11.3. The number of hydrogen-bond acceptors (Lipinski definition) is 2. The number of rotatable bonds is 4. The highest BCUT2D eigenvalue weighted by Gasteiger charge is 2.14. The van der Waals surface area contributed by atoms with Crippen molar-refractivity contribution in [1.82, 2.24) is 4.90 Å². The minimum atomic E-state index is -0.0430. The van der Waals surface area contributed by atoms with Gasteiger partial charge in [-0.2, -0.15) is 0 Å². The Morgan fingerprint density at radius 1 is 1.60 bits per heavy atom. The summed E-state index contributed by atoms with van der Waals surface area (Å²) in [5, 5.41) is 9.34. The van der Waals surface area contributed by atoms with E-state index in [9.17, 15) is 5.11 Å². The van der Waals surface area contributed by atoms with Gasteiger partial charge in [-0.15, -0.1) is 6.42 Å². The molecule has 1 aromatic carbocycles. The van der Waals surface area contributed by atoms with Crippen LogP contribution in [0.5, 0.6) is 0 Å². The van der Waals surface area contributed by atoms with Crippen molar-refractivity contribution in [3.63, 3.8) is 0 Å². The number of hydrogen-bond donors (Lipinski definition) is 1. The zero-order valence-corrected chi connectivity index (χ0v) is 10.2. The normalized spacial score (nSPS) is 12.5. The Labute approximate surface area is 99.0 Å². The summed E-state index contributed by atoms with van der Waals surface area (Å²) in [6.45, 7) is 0.590. The summed E-state index contributed by atoms with van der Waals surface area (Å²) in [5.74, 6) is 2.57. The average molecular weight is 268 g/mol. The fraction of sp³-hybridized carbons (Fsp3) is 0.333. The van der Waals surface area contributed by atoms with Crippen LogP contribution in [-0.4, -0.2) is 30.2 Å². The van der Waals surface area contributed by atoms with Gasteiger partial charge >= 0.3 is 0 Å². The Hall–Kier alpha value is -0.820. The maximum absolute atomic E-state index is 9.34. The minimum absolute atomic E-state index is 0.0430. The summed E-state index contributed by atoms with van der Waals surface area (Å²) in [4.78, 5) is 1.95. The van der Waals surface area contributed by atoms with E-state index in [1.54, 1.807) is 0 Å². The van der Waals surface area contributed by atoms with Crippen molar-refractivity contribution in [3.05, 3.63) is 34.3 Å². The van der Waals surface area contributed by atoms with Crippen molar-refractivity contribution < 1.29 is 5.11 Å². The van der Waals surface area contributed by atoms with E-state index in [0.29, 0.717) is 6.54 Å². The van der Waals surface area contributed by atoms with Crippen LogP contribution in [0, 0.1) is 12.3 Å². The van der Waals surface area contributed by atoms with Gasteiger partial charge in [0, 0.05) is 4.47 Å². The molecule has 0 saturated heterocycles. The molecule has 80 valence electrons. The van der Waals surface area contributed by atoms with Gasteiger partial charge in [-0.05, 0) is 24.7 Å². The highest BCUT2D eigenvalue weighted by atomic mass is 79.9. The maximum Gasteiger partial charge on any atom is 0.0628 e. The lowest BCUT2D eigenvalue weighted by atomic mass is 10.1. The van der Waals surface area contributed by atoms with E-state index in [0.717, 1.165) is 10.0 Å². The van der Waals surface area contributed by atoms with E-state index in [2.05, 4.69) is 21.9 Å². The number of benzene rings is 1. The Bertz CT molecular complexity index is 359. The number of halogens is 1. The number of aliphatic hydroxyl groups excluding tert-OH is 1. The standard InChI is InChI=1S/C12H14BrNO/c1-3-7-14(2)12(9-15)10-5-4-6-11(13)8-10/h1,4-6,8,12,15H,7,9H2,2H3/t12-/m1/s1. The third-order valence-electron chi connectivity index (χ3n) is 2.28. The molecule has 1 atom stereocenters. The molecule has 1 aromatic rings. The molecule has 1 N–H and O–H groups in total. The smallest absolute Gasteiger partial charge is 0.0628 e. The van der Waals surface area contributed by atoms with E-state index in [1.165, 1.54) is 0 Å². The summed E-state index contributed by atoms with van der Waals surface area (Å²) < 4.78 is 1.01. The minimum Gasteiger partial charge on any atom is -0.394 e. The molecule has 0 spiro atoms. The van der Waals surface area contributed by atoms with Crippen molar-refractivity contribution in [1.29, 1.82) is 0 Å². The van der Waals surface area contributed by atoms with Gasteiger partial charge in [0.2, 0.25) is 0 Å². The molecule has 3 heteroatoms. The van der Waals surface area contributed by atoms with Crippen LogP contribution in [0.3, 0.4) is 0 Å². The van der Waals surface area contributed by atoms with E-state index in [1.807, 2.05) is 36.2 Å². The van der Waals surface area contributed by atoms with Gasteiger partial charge in [-0.1, -0.05) is 34.0 Å². The molecular formula is C12H14BrNO. The molecule has 2 nitrogen and oxygen atoms in total. The molecule has 0 heterocycles. The van der Waals surface area contributed by atoms with Crippen molar-refractivity contribution in [2.24, 2.45) is 0 Å². The largest absolute Gasteiger partial charge is 0.394 e. The monoisotopic (exact) mass is 267 g/mol. The highest BCUT2D eigenvalue weighted by molar-refractivity contribution is 9.10. The second kappa shape index (κ2) is 5.92. The van der Waals surface area contributed by atoms with Crippen LogP contribution < -0.4 is 0 Å². The fourth-order valence-electron chi connectivity index (χ4n) is 1.47. The molecule has 0 radical (unpaired) electrons. The predicted octanol–water partition coefficient (Wildman–Crippen LogP) is 2.05. The van der Waals surface area contributed by atoms with E-state index in [-0.39, 0.29) is 12.6 Å². The second-order valence-corrected chi connectivity index (χ2v) is 4.29. The second-order valence-electron chi connectivity index (χ2n) is 3.37. The number of nitrogens with zero attached hydrogens (tertiary/aromatic N) is 1. The van der Waals surface area contributed by atoms with Gasteiger partial charge in [0.05, 0.1) is 19.2 Å². The molecule has 0 unspecified atom stereocenters. The molecule has 15 heavy (non-hydrogen) atoms. The van der Waals surface area contributed by atoms with Gasteiger partial charge in [-0.3, -0.25) is 4.90 Å². The summed E-state index contributed by atoms with van der Waals surface area (Å²) in [7, 11) is 1.90. The molecule has 0 aromatic heterocycles. The Kier molecular flexibility index (Phi) is 4.83. The average Bonchev–Trinajstić information content (AvgIpc) is 2.19. The van der Waals surface area contributed by atoms with E-state index in [4.69, 9.17) is 6.42 Å². The van der Waals surface area contributed by atoms with Crippen LogP contribution in [0.25, 0.3) is 0 Å². The SMILES string of the molecule is C#CCN(C)[C@H](CO)c1cccc(Br)c1. The van der Waals surface area contributed by atoms with Crippen LogP contribution >= 0.6 is 15.9 Å². The molecule has 0 bridgehead atoms.